The first-order valence-corrected chi connectivity index (χ1v) is 8.70. The average molecular weight is 377 g/mol. The number of anilines is 1. The molecule has 6 nitrogen and oxygen atoms in total. The van der Waals surface area contributed by atoms with Crippen molar-refractivity contribution in [3.05, 3.63) is 71.8 Å². The van der Waals surface area contributed by atoms with Gasteiger partial charge in [-0.2, -0.15) is 0 Å². The molecule has 2 N–H and O–H groups in total. The van der Waals surface area contributed by atoms with Crippen LogP contribution in [0.3, 0.4) is 0 Å². The second kappa shape index (κ2) is 7.92. The van der Waals surface area contributed by atoms with E-state index >= 15 is 0 Å². The predicted molar refractivity (Wildman–Crippen MR) is 106 cm³/mol. The van der Waals surface area contributed by atoms with E-state index in [2.05, 4.69) is 5.32 Å². The molecule has 28 heavy (non-hydrogen) atoms. The van der Waals surface area contributed by atoms with Crippen LogP contribution in [-0.4, -0.2) is 28.9 Å². The van der Waals surface area contributed by atoms with Gasteiger partial charge in [-0.1, -0.05) is 30.3 Å². The summed E-state index contributed by atoms with van der Waals surface area (Å²) in [6.07, 6.45) is -1.04. The SMILES string of the molecule is CC(=O)Nc1ccc(C(=O)[C@@H](C)OC(=O)c2ccc3ccccc3c2O)cc1. The summed E-state index contributed by atoms with van der Waals surface area (Å²) in [5.74, 6) is -1.55. The number of carbonyl (C=O) groups excluding carboxylic acids is 3. The molecule has 0 radical (unpaired) electrons. The second-order valence-electron chi connectivity index (χ2n) is 6.35. The van der Waals surface area contributed by atoms with Gasteiger partial charge in [-0.15, -0.1) is 0 Å². The molecular formula is C22H19NO5. The lowest BCUT2D eigenvalue weighted by Gasteiger charge is -2.14. The Bertz CT molecular complexity index is 1060. The number of hydrogen-bond donors (Lipinski definition) is 2. The summed E-state index contributed by atoms with van der Waals surface area (Å²) in [5, 5.41) is 14.3. The number of phenolic OH excluding ortho intramolecular Hbond substituents is 1. The summed E-state index contributed by atoms with van der Waals surface area (Å²) < 4.78 is 5.26. The maximum Gasteiger partial charge on any atom is 0.342 e. The minimum Gasteiger partial charge on any atom is -0.506 e. The monoisotopic (exact) mass is 377 g/mol. The number of carbonyl (C=O) groups is 3. The Morgan fingerprint density at radius 3 is 2.32 bits per heavy atom. The molecule has 0 saturated heterocycles. The van der Waals surface area contributed by atoms with Gasteiger partial charge in [0.05, 0.1) is 0 Å². The molecule has 0 aliphatic heterocycles. The van der Waals surface area contributed by atoms with Crippen LogP contribution in [0.5, 0.6) is 5.75 Å². The van der Waals surface area contributed by atoms with Crippen molar-refractivity contribution in [1.29, 1.82) is 0 Å². The van der Waals surface area contributed by atoms with Crippen molar-refractivity contribution in [2.75, 3.05) is 5.32 Å². The number of hydrogen-bond acceptors (Lipinski definition) is 5. The van der Waals surface area contributed by atoms with Crippen LogP contribution in [0.4, 0.5) is 5.69 Å². The molecule has 0 spiro atoms. The Morgan fingerprint density at radius 1 is 0.964 bits per heavy atom. The standard InChI is InChI=1S/C22H19NO5/c1-13(20(25)16-7-10-17(11-8-16)23-14(2)24)28-22(27)19-12-9-15-5-3-4-6-18(15)21(19)26/h3-13,26H,1-2H3,(H,23,24)/t13-/m1/s1. The smallest absolute Gasteiger partial charge is 0.342 e. The van der Waals surface area contributed by atoms with E-state index < -0.39 is 12.1 Å². The molecule has 3 rings (SSSR count). The summed E-state index contributed by atoms with van der Waals surface area (Å²) in [6, 6.07) is 16.6. The normalized spacial score (nSPS) is 11.6. The van der Waals surface area contributed by atoms with E-state index in [0.717, 1.165) is 5.39 Å². The van der Waals surface area contributed by atoms with Crippen molar-refractivity contribution in [3.63, 3.8) is 0 Å². The fourth-order valence-corrected chi connectivity index (χ4v) is 2.85. The Labute approximate surface area is 161 Å². The van der Waals surface area contributed by atoms with E-state index in [1.165, 1.54) is 19.9 Å². The van der Waals surface area contributed by atoms with Crippen molar-refractivity contribution in [1.82, 2.24) is 0 Å². The van der Waals surface area contributed by atoms with Gasteiger partial charge >= 0.3 is 5.97 Å². The molecule has 0 unspecified atom stereocenters. The Hall–Kier alpha value is -3.67. The Morgan fingerprint density at radius 2 is 1.64 bits per heavy atom. The van der Waals surface area contributed by atoms with Gasteiger partial charge in [-0.25, -0.2) is 4.79 Å². The molecule has 6 heteroatoms. The first kappa shape index (κ1) is 19.1. The molecule has 0 bridgehead atoms. The zero-order valence-corrected chi connectivity index (χ0v) is 15.4. The number of rotatable bonds is 5. The van der Waals surface area contributed by atoms with Crippen LogP contribution in [0.2, 0.25) is 0 Å². The van der Waals surface area contributed by atoms with E-state index in [0.29, 0.717) is 16.6 Å². The van der Waals surface area contributed by atoms with Crippen LogP contribution < -0.4 is 5.32 Å². The first-order valence-electron chi connectivity index (χ1n) is 8.70. The van der Waals surface area contributed by atoms with Crippen LogP contribution in [0.25, 0.3) is 10.8 Å². The molecule has 0 heterocycles. The number of aromatic hydroxyl groups is 1. The molecule has 3 aromatic rings. The zero-order chi connectivity index (χ0) is 20.3. The highest BCUT2D eigenvalue weighted by atomic mass is 16.5. The van der Waals surface area contributed by atoms with Crippen molar-refractivity contribution < 1.29 is 24.2 Å². The number of phenols is 1. The largest absolute Gasteiger partial charge is 0.506 e. The lowest BCUT2D eigenvalue weighted by molar-refractivity contribution is -0.114. The quantitative estimate of drug-likeness (QED) is 0.519. The highest BCUT2D eigenvalue weighted by molar-refractivity contribution is 6.04. The number of nitrogens with one attached hydrogen (secondary N) is 1. The summed E-state index contributed by atoms with van der Waals surface area (Å²) in [6.45, 7) is 2.86. The van der Waals surface area contributed by atoms with Gasteiger partial charge in [-0.3, -0.25) is 9.59 Å². The van der Waals surface area contributed by atoms with E-state index in [-0.39, 0.29) is 23.0 Å². The number of Topliss-reactive ketones (excluding diaryl/α,β-unsaturated/α-hetero) is 1. The Balaban J connectivity index is 1.74. The lowest BCUT2D eigenvalue weighted by Crippen LogP contribution is -2.24. The predicted octanol–water partition coefficient (Wildman–Crippen LogP) is 3.93. The van der Waals surface area contributed by atoms with Crippen LogP contribution in [0, 0.1) is 0 Å². The third kappa shape index (κ3) is 4.01. The summed E-state index contributed by atoms with van der Waals surface area (Å²) in [4.78, 5) is 36.0. The van der Waals surface area contributed by atoms with Gasteiger partial charge in [0.1, 0.15) is 11.3 Å². The van der Waals surface area contributed by atoms with Gasteiger partial charge in [0, 0.05) is 23.6 Å². The second-order valence-corrected chi connectivity index (χ2v) is 6.35. The third-order valence-electron chi connectivity index (χ3n) is 4.26. The highest BCUT2D eigenvalue weighted by Gasteiger charge is 2.23. The number of amides is 1. The van der Waals surface area contributed by atoms with E-state index in [1.54, 1.807) is 42.5 Å². The van der Waals surface area contributed by atoms with Crippen molar-refractivity contribution >= 4 is 34.1 Å². The molecule has 0 fully saturated rings. The maximum atomic E-state index is 12.5. The van der Waals surface area contributed by atoms with Crippen LogP contribution in [0.1, 0.15) is 34.6 Å². The molecule has 0 aliphatic rings. The molecule has 3 aromatic carbocycles. The summed E-state index contributed by atoms with van der Waals surface area (Å²) >= 11 is 0. The van der Waals surface area contributed by atoms with Crippen molar-refractivity contribution in [2.24, 2.45) is 0 Å². The number of esters is 1. The molecule has 0 aromatic heterocycles. The molecular weight excluding hydrogens is 358 g/mol. The molecule has 0 saturated carbocycles. The highest BCUT2D eigenvalue weighted by Crippen LogP contribution is 2.29. The number of fused-ring (bicyclic) bond motifs is 1. The van der Waals surface area contributed by atoms with E-state index in [9.17, 15) is 19.5 Å². The van der Waals surface area contributed by atoms with Crippen LogP contribution in [-0.2, 0) is 9.53 Å². The van der Waals surface area contributed by atoms with E-state index in [1.807, 2.05) is 12.1 Å². The van der Waals surface area contributed by atoms with E-state index in [4.69, 9.17) is 4.74 Å². The molecule has 0 aliphatic carbocycles. The lowest BCUT2D eigenvalue weighted by atomic mass is 10.0. The third-order valence-corrected chi connectivity index (χ3v) is 4.26. The van der Waals surface area contributed by atoms with Gasteiger partial charge in [0.15, 0.2) is 6.10 Å². The molecule has 1 amide bonds. The van der Waals surface area contributed by atoms with Crippen molar-refractivity contribution in [2.45, 2.75) is 20.0 Å². The molecule has 142 valence electrons. The summed E-state index contributed by atoms with van der Waals surface area (Å²) in [7, 11) is 0. The fraction of sp³-hybridized carbons (Fsp3) is 0.136. The first-order chi connectivity index (χ1) is 13.4. The van der Waals surface area contributed by atoms with Crippen molar-refractivity contribution in [3.8, 4) is 5.75 Å². The van der Waals surface area contributed by atoms with Gasteiger partial charge in [0.25, 0.3) is 0 Å². The number of ketones is 1. The Kier molecular flexibility index (Phi) is 5.40. The minimum atomic E-state index is -1.04. The fourth-order valence-electron chi connectivity index (χ4n) is 2.85. The van der Waals surface area contributed by atoms with Gasteiger partial charge in [0.2, 0.25) is 11.7 Å². The van der Waals surface area contributed by atoms with Crippen LogP contribution in [0.15, 0.2) is 60.7 Å². The maximum absolute atomic E-state index is 12.5. The summed E-state index contributed by atoms with van der Waals surface area (Å²) in [5.41, 5.74) is 0.909. The molecule has 1 atom stereocenters. The number of ether oxygens (including phenoxy) is 1. The van der Waals surface area contributed by atoms with Gasteiger partial charge < -0.3 is 15.2 Å². The van der Waals surface area contributed by atoms with Crippen LogP contribution >= 0.6 is 0 Å². The zero-order valence-electron chi connectivity index (χ0n) is 15.4. The average Bonchev–Trinajstić information content (AvgIpc) is 2.68. The topological polar surface area (TPSA) is 92.7 Å². The number of benzene rings is 3. The van der Waals surface area contributed by atoms with Gasteiger partial charge in [-0.05, 0) is 42.6 Å². The minimum absolute atomic E-state index is 0.000596.